The third kappa shape index (κ3) is 5.75. The second-order valence-electron chi connectivity index (χ2n) is 6.47. The molecule has 0 aliphatic carbocycles. The molecule has 2 rings (SSSR count). The number of hydrogen-bond donors (Lipinski definition) is 1. The van der Waals surface area contributed by atoms with Gasteiger partial charge in [0.2, 0.25) is 5.91 Å². The second-order valence-corrected chi connectivity index (χ2v) is 7.95. The van der Waals surface area contributed by atoms with Gasteiger partial charge in [-0.25, -0.2) is 9.59 Å². The molecule has 1 unspecified atom stereocenters. The number of likely N-dealkylation sites (tertiary alicyclic amines) is 1. The molecule has 2 saturated heterocycles. The van der Waals surface area contributed by atoms with E-state index < -0.39 is 24.3 Å². The van der Waals surface area contributed by atoms with Gasteiger partial charge in [-0.2, -0.15) is 0 Å². The Morgan fingerprint density at radius 2 is 1.82 bits per heavy atom. The van der Waals surface area contributed by atoms with Gasteiger partial charge >= 0.3 is 12.2 Å². The number of nitrogens with one attached hydrogen (secondary N) is 1. The van der Waals surface area contributed by atoms with Crippen molar-refractivity contribution in [1.82, 2.24) is 15.1 Å². The van der Waals surface area contributed by atoms with Crippen LogP contribution in [-0.4, -0.2) is 83.2 Å². The van der Waals surface area contributed by atoms with Gasteiger partial charge in [-0.1, -0.05) is 37.1 Å². The van der Waals surface area contributed by atoms with Crippen molar-refractivity contribution in [3.05, 3.63) is 25.3 Å². The van der Waals surface area contributed by atoms with E-state index in [4.69, 9.17) is 9.47 Å². The summed E-state index contributed by atoms with van der Waals surface area (Å²) in [5.74, 6) is -0.339. The predicted octanol–water partition coefficient (Wildman–Crippen LogP) is 1.15. The summed E-state index contributed by atoms with van der Waals surface area (Å²) in [5, 5.41) is 2.68. The van der Waals surface area contributed by atoms with E-state index in [1.54, 1.807) is 0 Å². The van der Waals surface area contributed by atoms with Crippen molar-refractivity contribution in [3.63, 3.8) is 0 Å². The summed E-state index contributed by atoms with van der Waals surface area (Å²) in [6.45, 7) is 8.97. The second kappa shape index (κ2) is 10.2. The minimum absolute atomic E-state index is 0.0440. The van der Waals surface area contributed by atoms with Crippen LogP contribution in [-0.2, 0) is 19.1 Å². The predicted molar refractivity (Wildman–Crippen MR) is 104 cm³/mol. The molecule has 3 amide bonds. The molecule has 2 aliphatic heterocycles. The lowest BCUT2D eigenvalue weighted by Gasteiger charge is -2.38. The molecule has 1 N–H and O–H groups in total. The Labute approximate surface area is 168 Å². The zero-order valence-corrected chi connectivity index (χ0v) is 16.6. The molecule has 9 nitrogen and oxygen atoms in total. The largest absolute Gasteiger partial charge is 0.445 e. The molecule has 0 radical (unpaired) electrons. The lowest BCUT2D eigenvalue weighted by molar-refractivity contribution is -0.125. The topological polar surface area (TPSA) is 105 Å². The van der Waals surface area contributed by atoms with Crippen LogP contribution in [0.3, 0.4) is 0 Å². The maximum absolute atomic E-state index is 12.5. The third-order valence-electron chi connectivity index (χ3n) is 4.34. The number of carbonyl (C=O) groups is 4. The molecular formula is C18H25N3O6S. The van der Waals surface area contributed by atoms with Gasteiger partial charge in [0, 0.05) is 25.3 Å². The summed E-state index contributed by atoms with van der Waals surface area (Å²) < 4.78 is 10.2. The maximum Gasteiger partial charge on any atom is 0.410 e. The minimum Gasteiger partial charge on any atom is -0.445 e. The SMILES string of the molecule is C=CCOC(=O)N1CC(=O)NC([C@@H]2C[C@H](SC(C)=O)CN2C(=O)OCC=C)C1. The number of amides is 3. The Morgan fingerprint density at radius 3 is 2.43 bits per heavy atom. The van der Waals surface area contributed by atoms with Crippen LogP contribution in [0.25, 0.3) is 0 Å². The van der Waals surface area contributed by atoms with Crippen LogP contribution in [0.4, 0.5) is 9.59 Å². The highest BCUT2D eigenvalue weighted by Crippen LogP contribution is 2.31. The van der Waals surface area contributed by atoms with Crippen LogP contribution >= 0.6 is 11.8 Å². The fourth-order valence-corrected chi connectivity index (χ4v) is 4.30. The van der Waals surface area contributed by atoms with E-state index in [0.717, 1.165) is 11.8 Å². The third-order valence-corrected chi connectivity index (χ3v) is 5.35. The van der Waals surface area contributed by atoms with E-state index >= 15 is 0 Å². The normalized spacial score (nSPS) is 24.3. The van der Waals surface area contributed by atoms with Crippen LogP contribution in [0.5, 0.6) is 0 Å². The smallest absolute Gasteiger partial charge is 0.410 e. The summed E-state index contributed by atoms with van der Waals surface area (Å²) in [4.78, 5) is 51.0. The number of carbonyl (C=O) groups excluding carboxylic acids is 4. The molecule has 0 aromatic rings. The summed E-state index contributed by atoms with van der Waals surface area (Å²) in [6.07, 6.45) is 2.24. The highest BCUT2D eigenvalue weighted by molar-refractivity contribution is 8.14. The monoisotopic (exact) mass is 411 g/mol. The van der Waals surface area contributed by atoms with Crippen LogP contribution in [0, 0.1) is 0 Å². The van der Waals surface area contributed by atoms with Gasteiger partial charge < -0.3 is 19.7 Å². The molecule has 2 aliphatic rings. The van der Waals surface area contributed by atoms with Crippen LogP contribution < -0.4 is 5.32 Å². The van der Waals surface area contributed by atoms with Crippen molar-refractivity contribution in [1.29, 1.82) is 0 Å². The van der Waals surface area contributed by atoms with Gasteiger partial charge in [0.15, 0.2) is 5.12 Å². The number of hydrogen-bond acceptors (Lipinski definition) is 7. The Bertz CT molecular complexity index is 655. The number of thioether (sulfide) groups is 1. The number of rotatable bonds is 6. The van der Waals surface area contributed by atoms with E-state index in [1.165, 1.54) is 28.9 Å². The van der Waals surface area contributed by atoms with Crippen molar-refractivity contribution in [2.45, 2.75) is 30.7 Å². The van der Waals surface area contributed by atoms with Crippen molar-refractivity contribution in [2.75, 3.05) is 32.8 Å². The van der Waals surface area contributed by atoms with Crippen LogP contribution in [0.2, 0.25) is 0 Å². The van der Waals surface area contributed by atoms with Crippen molar-refractivity contribution < 1.29 is 28.7 Å². The van der Waals surface area contributed by atoms with Gasteiger partial charge in [0.05, 0.1) is 12.1 Å². The lowest BCUT2D eigenvalue weighted by atomic mass is 10.0. The fourth-order valence-electron chi connectivity index (χ4n) is 3.30. The average Bonchev–Trinajstić information content (AvgIpc) is 3.06. The molecule has 3 atom stereocenters. The molecule has 154 valence electrons. The lowest BCUT2D eigenvalue weighted by Crippen LogP contribution is -2.62. The molecule has 2 fully saturated rings. The molecule has 2 heterocycles. The first-order valence-corrected chi connectivity index (χ1v) is 9.77. The summed E-state index contributed by atoms with van der Waals surface area (Å²) in [6, 6.07) is -0.903. The minimum atomic E-state index is -0.617. The fraction of sp³-hybridized carbons (Fsp3) is 0.556. The summed E-state index contributed by atoms with van der Waals surface area (Å²) in [7, 11) is 0. The van der Waals surface area contributed by atoms with Crippen LogP contribution in [0.15, 0.2) is 25.3 Å². The van der Waals surface area contributed by atoms with E-state index in [2.05, 4.69) is 18.5 Å². The van der Waals surface area contributed by atoms with Crippen molar-refractivity contribution in [3.8, 4) is 0 Å². The number of ether oxygens (including phenoxy) is 2. The van der Waals surface area contributed by atoms with E-state index in [1.807, 2.05) is 0 Å². The van der Waals surface area contributed by atoms with Gasteiger partial charge in [-0.3, -0.25) is 14.5 Å². The van der Waals surface area contributed by atoms with Crippen molar-refractivity contribution >= 4 is 35.0 Å². The maximum atomic E-state index is 12.5. The van der Waals surface area contributed by atoms with Gasteiger partial charge in [0.25, 0.3) is 0 Å². The highest BCUT2D eigenvalue weighted by atomic mass is 32.2. The number of nitrogens with zero attached hydrogens (tertiary/aromatic N) is 2. The Morgan fingerprint density at radius 1 is 1.18 bits per heavy atom. The van der Waals surface area contributed by atoms with Crippen LogP contribution in [0.1, 0.15) is 13.3 Å². The summed E-state index contributed by atoms with van der Waals surface area (Å²) in [5.41, 5.74) is 0. The zero-order valence-electron chi connectivity index (χ0n) is 15.8. The standard InChI is InChI=1S/C18H25N3O6S/c1-4-6-26-17(24)20-10-14(19-16(23)11-20)15-8-13(28-12(3)22)9-21(15)18(25)27-7-5-2/h4-5,13-15H,1-2,6-11H2,3H3,(H,19,23)/t13-,14?,15-/m0/s1. The molecule has 0 bridgehead atoms. The molecule has 0 aromatic heterocycles. The van der Waals surface area contributed by atoms with E-state index in [9.17, 15) is 19.2 Å². The van der Waals surface area contributed by atoms with Gasteiger partial charge in [-0.15, -0.1) is 0 Å². The summed E-state index contributed by atoms with van der Waals surface area (Å²) >= 11 is 1.16. The Balaban J connectivity index is 2.14. The van der Waals surface area contributed by atoms with Gasteiger partial charge in [0.1, 0.15) is 19.8 Å². The quantitative estimate of drug-likeness (QED) is 0.654. The first kappa shape index (κ1) is 21.8. The molecule has 0 spiro atoms. The first-order chi connectivity index (χ1) is 13.3. The van der Waals surface area contributed by atoms with Crippen molar-refractivity contribution in [2.24, 2.45) is 0 Å². The highest BCUT2D eigenvalue weighted by Gasteiger charge is 2.44. The molecule has 28 heavy (non-hydrogen) atoms. The average molecular weight is 411 g/mol. The first-order valence-electron chi connectivity index (χ1n) is 8.89. The molecule has 0 saturated carbocycles. The van der Waals surface area contributed by atoms with E-state index in [0.29, 0.717) is 13.0 Å². The van der Waals surface area contributed by atoms with E-state index in [-0.39, 0.29) is 42.6 Å². The molecular weight excluding hydrogens is 386 g/mol. The van der Waals surface area contributed by atoms with Gasteiger partial charge in [-0.05, 0) is 6.42 Å². The number of piperazine rings is 1. The zero-order chi connectivity index (χ0) is 20.7. The molecule has 10 heteroatoms. The Kier molecular flexibility index (Phi) is 7.91. The molecule has 0 aromatic carbocycles. The Hall–Kier alpha value is -2.49.